The van der Waals surface area contributed by atoms with Crippen molar-refractivity contribution < 1.29 is 10.2 Å². The summed E-state index contributed by atoms with van der Waals surface area (Å²) in [6.07, 6.45) is 1.67. The number of para-hydroxylation sites is 1. The van der Waals surface area contributed by atoms with Crippen LogP contribution < -0.4 is 0 Å². The molecule has 0 fully saturated rings. The number of aliphatic hydroxyl groups is 2. The van der Waals surface area contributed by atoms with Crippen molar-refractivity contribution in [1.82, 2.24) is 4.98 Å². The van der Waals surface area contributed by atoms with Crippen LogP contribution in [-0.4, -0.2) is 21.3 Å². The van der Waals surface area contributed by atoms with Gasteiger partial charge in [-0.05, 0) is 18.1 Å². The van der Waals surface area contributed by atoms with E-state index in [4.69, 9.17) is 0 Å². The van der Waals surface area contributed by atoms with E-state index in [-0.39, 0.29) is 0 Å². The second-order valence-corrected chi connectivity index (χ2v) is 3.83. The molecule has 1 aliphatic rings. The summed E-state index contributed by atoms with van der Waals surface area (Å²) in [6, 6.07) is 7.89. The molecular formula is C12H11NO2. The molecular weight excluding hydrogens is 190 g/mol. The van der Waals surface area contributed by atoms with Crippen LogP contribution in [-0.2, 0) is 6.42 Å². The van der Waals surface area contributed by atoms with E-state index in [1.54, 1.807) is 0 Å². The number of hydrogen-bond donors (Lipinski definition) is 3. The van der Waals surface area contributed by atoms with Crippen LogP contribution in [0.25, 0.3) is 10.9 Å². The molecule has 76 valence electrons. The quantitative estimate of drug-likeness (QED) is 0.600. The van der Waals surface area contributed by atoms with Crippen LogP contribution in [0.15, 0.2) is 24.3 Å². The van der Waals surface area contributed by atoms with Crippen LogP contribution in [0.2, 0.25) is 0 Å². The van der Waals surface area contributed by atoms with Gasteiger partial charge in [0.25, 0.3) is 0 Å². The molecule has 2 aromatic rings. The molecule has 0 bridgehead atoms. The first kappa shape index (κ1) is 8.95. The van der Waals surface area contributed by atoms with Crippen molar-refractivity contribution in [2.24, 2.45) is 0 Å². The molecule has 3 nitrogen and oxygen atoms in total. The number of H-pyrrole nitrogens is 1. The second kappa shape index (κ2) is 3.08. The standard InChI is InChI=1S/C12H11NO2/c14-10-6-5-8-7-3-1-2-4-9(7)13-11(8)12(10)15/h1-4,10,12-15H,5H2. The summed E-state index contributed by atoms with van der Waals surface area (Å²) in [6.45, 7) is 0. The molecule has 2 unspecified atom stereocenters. The van der Waals surface area contributed by atoms with Gasteiger partial charge in [0.05, 0.1) is 11.8 Å². The minimum absolute atomic E-state index is 0.581. The average molecular weight is 201 g/mol. The largest absolute Gasteiger partial charge is 0.389 e. The molecule has 0 saturated carbocycles. The van der Waals surface area contributed by atoms with Gasteiger partial charge in [0.15, 0.2) is 0 Å². The Balaban J connectivity index is 2.26. The topological polar surface area (TPSA) is 56.2 Å². The van der Waals surface area contributed by atoms with Crippen molar-refractivity contribution >= 4 is 10.9 Å². The Morgan fingerprint density at radius 1 is 1.27 bits per heavy atom. The molecule has 3 rings (SSSR count). The maximum Gasteiger partial charge on any atom is 0.120 e. The van der Waals surface area contributed by atoms with Crippen molar-refractivity contribution in [2.45, 2.75) is 18.6 Å². The molecule has 3 heteroatoms. The maximum atomic E-state index is 9.79. The molecule has 0 spiro atoms. The number of aromatic nitrogens is 1. The highest BCUT2D eigenvalue weighted by atomic mass is 16.3. The van der Waals surface area contributed by atoms with Crippen molar-refractivity contribution in [3.8, 4) is 0 Å². The number of aromatic amines is 1. The molecule has 3 N–H and O–H groups in total. The lowest BCUT2D eigenvalue weighted by Gasteiger charge is -2.22. The highest BCUT2D eigenvalue weighted by molar-refractivity contribution is 5.85. The third-order valence-electron chi connectivity index (χ3n) is 2.93. The SMILES string of the molecule is OC1[C]Cc2c([nH]c3ccccc23)C1O. The molecule has 0 aliphatic heterocycles. The zero-order valence-corrected chi connectivity index (χ0v) is 8.07. The fourth-order valence-corrected chi connectivity index (χ4v) is 2.14. The van der Waals surface area contributed by atoms with Gasteiger partial charge in [0, 0.05) is 17.3 Å². The maximum absolute atomic E-state index is 9.79. The van der Waals surface area contributed by atoms with Crippen LogP contribution in [0.4, 0.5) is 0 Å². The normalized spacial score (nSPS) is 25.5. The van der Waals surface area contributed by atoms with E-state index in [0.29, 0.717) is 6.42 Å². The van der Waals surface area contributed by atoms with Crippen molar-refractivity contribution in [3.63, 3.8) is 0 Å². The lowest BCUT2D eigenvalue weighted by atomic mass is 9.91. The van der Waals surface area contributed by atoms with Crippen LogP contribution in [0.5, 0.6) is 0 Å². The van der Waals surface area contributed by atoms with Crippen molar-refractivity contribution in [1.29, 1.82) is 0 Å². The van der Waals surface area contributed by atoms with Crippen molar-refractivity contribution in [3.05, 3.63) is 41.9 Å². The van der Waals surface area contributed by atoms with E-state index in [9.17, 15) is 10.2 Å². The summed E-state index contributed by atoms with van der Waals surface area (Å²) >= 11 is 0. The van der Waals surface area contributed by atoms with Gasteiger partial charge in [-0.15, -0.1) is 0 Å². The molecule has 2 atom stereocenters. The number of fused-ring (bicyclic) bond motifs is 3. The summed E-state index contributed by atoms with van der Waals surface area (Å²) in [7, 11) is 0. The Hall–Kier alpha value is -1.32. The fourth-order valence-electron chi connectivity index (χ4n) is 2.14. The number of hydrogen-bond acceptors (Lipinski definition) is 2. The summed E-state index contributed by atoms with van der Waals surface area (Å²) in [4.78, 5) is 3.15. The molecule has 1 heterocycles. The van der Waals surface area contributed by atoms with Crippen LogP contribution in [0.1, 0.15) is 17.4 Å². The first-order valence-corrected chi connectivity index (χ1v) is 4.96. The molecule has 1 aliphatic carbocycles. The molecule has 0 saturated heterocycles. The van der Waals surface area contributed by atoms with E-state index >= 15 is 0 Å². The number of aliphatic hydroxyl groups excluding tert-OH is 2. The van der Waals surface area contributed by atoms with Gasteiger partial charge in [0.1, 0.15) is 6.10 Å². The minimum Gasteiger partial charge on any atom is -0.389 e. The summed E-state index contributed by atoms with van der Waals surface area (Å²) in [5, 5.41) is 20.4. The van der Waals surface area contributed by atoms with Crippen molar-refractivity contribution in [2.75, 3.05) is 0 Å². The second-order valence-electron chi connectivity index (χ2n) is 3.83. The summed E-state index contributed by atoms with van der Waals surface area (Å²) in [5.74, 6) is 0. The smallest absolute Gasteiger partial charge is 0.120 e. The lowest BCUT2D eigenvalue weighted by Crippen LogP contribution is -2.25. The van der Waals surface area contributed by atoms with E-state index in [1.165, 1.54) is 0 Å². The Morgan fingerprint density at radius 2 is 2.07 bits per heavy atom. The lowest BCUT2D eigenvalue weighted by molar-refractivity contribution is 0.0296. The van der Waals surface area contributed by atoms with Gasteiger partial charge < -0.3 is 15.2 Å². The Bertz CT molecular complexity index is 503. The van der Waals surface area contributed by atoms with Gasteiger partial charge >= 0.3 is 0 Å². The first-order chi connectivity index (χ1) is 7.27. The number of benzene rings is 1. The van der Waals surface area contributed by atoms with Crippen LogP contribution in [0.3, 0.4) is 0 Å². The van der Waals surface area contributed by atoms with E-state index in [2.05, 4.69) is 11.4 Å². The van der Waals surface area contributed by atoms with Gasteiger partial charge in [-0.25, -0.2) is 0 Å². The fraction of sp³-hybridized carbons (Fsp3) is 0.250. The third kappa shape index (κ3) is 1.20. The summed E-state index contributed by atoms with van der Waals surface area (Å²) < 4.78 is 0. The molecule has 1 aromatic carbocycles. The third-order valence-corrected chi connectivity index (χ3v) is 2.93. The van der Waals surface area contributed by atoms with E-state index in [1.807, 2.05) is 24.3 Å². The van der Waals surface area contributed by atoms with E-state index in [0.717, 1.165) is 22.2 Å². The zero-order chi connectivity index (χ0) is 10.4. The highest BCUT2D eigenvalue weighted by Gasteiger charge is 2.29. The van der Waals surface area contributed by atoms with Gasteiger partial charge in [-0.1, -0.05) is 18.2 Å². The van der Waals surface area contributed by atoms with Crippen LogP contribution >= 0.6 is 0 Å². The highest BCUT2D eigenvalue weighted by Crippen LogP contribution is 2.34. The Labute approximate surface area is 87.4 Å². The van der Waals surface area contributed by atoms with Gasteiger partial charge in [0.2, 0.25) is 0 Å². The average Bonchev–Trinajstić information content (AvgIpc) is 2.63. The predicted octanol–water partition coefficient (Wildman–Crippen LogP) is 1.20. The Kier molecular flexibility index (Phi) is 1.84. The Morgan fingerprint density at radius 3 is 2.93 bits per heavy atom. The molecule has 2 radical (unpaired) electrons. The molecule has 15 heavy (non-hydrogen) atoms. The number of rotatable bonds is 0. The molecule has 0 amide bonds. The minimum atomic E-state index is -0.884. The number of nitrogens with one attached hydrogen (secondary N) is 1. The predicted molar refractivity (Wildman–Crippen MR) is 56.2 cm³/mol. The monoisotopic (exact) mass is 201 g/mol. The summed E-state index contributed by atoms with van der Waals surface area (Å²) in [5.41, 5.74) is 2.77. The van der Waals surface area contributed by atoms with Gasteiger partial charge in [-0.2, -0.15) is 0 Å². The first-order valence-electron chi connectivity index (χ1n) is 4.96. The molecule has 1 aromatic heterocycles. The van der Waals surface area contributed by atoms with Gasteiger partial charge in [-0.3, -0.25) is 0 Å². The van der Waals surface area contributed by atoms with Crippen LogP contribution in [0, 0.1) is 6.42 Å². The van der Waals surface area contributed by atoms with E-state index < -0.39 is 12.2 Å². The zero-order valence-electron chi connectivity index (χ0n) is 8.07.